The molecule has 0 saturated carbocycles. The summed E-state index contributed by atoms with van der Waals surface area (Å²) in [5, 5.41) is 2.41. The Labute approximate surface area is 111 Å². The van der Waals surface area contributed by atoms with E-state index in [4.69, 9.17) is 11.8 Å². The predicted octanol–water partition coefficient (Wildman–Crippen LogP) is 5.13. The molecule has 2 heteroatoms. The Balaban J connectivity index is 2.04. The third-order valence-electron chi connectivity index (χ3n) is 2.94. The molecular formula is C16H12ClN. The molecule has 0 spiro atoms. The van der Waals surface area contributed by atoms with Crippen LogP contribution in [0.4, 0.5) is 11.4 Å². The van der Waals surface area contributed by atoms with Crippen molar-refractivity contribution in [3.8, 4) is 0 Å². The van der Waals surface area contributed by atoms with Gasteiger partial charge in [-0.05, 0) is 35.0 Å². The summed E-state index contributed by atoms with van der Waals surface area (Å²) in [5.74, 6) is 0. The molecule has 0 amide bonds. The van der Waals surface area contributed by atoms with Crippen LogP contribution in [0.3, 0.4) is 0 Å². The lowest BCUT2D eigenvalue weighted by Crippen LogP contribution is -2.00. The van der Waals surface area contributed by atoms with Gasteiger partial charge in [-0.2, -0.15) is 0 Å². The lowest BCUT2D eigenvalue weighted by atomic mass is 10.1. The van der Waals surface area contributed by atoms with Crippen molar-refractivity contribution in [1.29, 1.82) is 0 Å². The molecule has 3 aromatic rings. The first-order valence-electron chi connectivity index (χ1n) is 5.84. The zero-order valence-electron chi connectivity index (χ0n) is 9.75. The van der Waals surface area contributed by atoms with Crippen molar-refractivity contribution in [2.45, 2.75) is 0 Å². The largest absolute Gasteiger partial charge is 0.254 e. The third-order valence-corrected chi connectivity index (χ3v) is 3.33. The summed E-state index contributed by atoms with van der Waals surface area (Å²) in [6.07, 6.45) is 0. The van der Waals surface area contributed by atoms with E-state index in [0.717, 1.165) is 11.4 Å². The van der Waals surface area contributed by atoms with Gasteiger partial charge >= 0.3 is 0 Å². The van der Waals surface area contributed by atoms with Crippen LogP contribution in [0, 0.1) is 0 Å². The summed E-state index contributed by atoms with van der Waals surface area (Å²) in [6, 6.07) is 24.4. The molecule has 0 atom stereocenters. The van der Waals surface area contributed by atoms with E-state index in [1.807, 2.05) is 48.5 Å². The number of hydrogen-bond donors (Lipinski definition) is 0. The van der Waals surface area contributed by atoms with Crippen LogP contribution < -0.4 is 4.42 Å². The highest BCUT2D eigenvalue weighted by molar-refractivity contribution is 6.29. The molecule has 0 fully saturated rings. The Bertz CT molecular complexity index is 664. The van der Waals surface area contributed by atoms with E-state index in [0.29, 0.717) is 0 Å². The zero-order chi connectivity index (χ0) is 12.4. The van der Waals surface area contributed by atoms with Crippen molar-refractivity contribution in [3.05, 3.63) is 72.8 Å². The molecule has 3 aromatic carbocycles. The van der Waals surface area contributed by atoms with Gasteiger partial charge < -0.3 is 0 Å². The highest BCUT2D eigenvalue weighted by Crippen LogP contribution is 2.29. The first-order valence-corrected chi connectivity index (χ1v) is 6.18. The quantitative estimate of drug-likeness (QED) is 0.572. The van der Waals surface area contributed by atoms with E-state index >= 15 is 0 Å². The topological polar surface area (TPSA) is 3.24 Å². The van der Waals surface area contributed by atoms with Crippen LogP contribution in [0.15, 0.2) is 72.8 Å². The fourth-order valence-electron chi connectivity index (χ4n) is 2.01. The second kappa shape index (κ2) is 4.71. The Hall–Kier alpha value is -1.99. The summed E-state index contributed by atoms with van der Waals surface area (Å²) in [5.41, 5.74) is 1.94. The van der Waals surface area contributed by atoms with E-state index < -0.39 is 0 Å². The Morgan fingerprint density at radius 1 is 0.611 bits per heavy atom. The van der Waals surface area contributed by atoms with Gasteiger partial charge in [0.2, 0.25) is 0 Å². The molecular weight excluding hydrogens is 242 g/mol. The van der Waals surface area contributed by atoms with Crippen molar-refractivity contribution < 1.29 is 0 Å². The fourth-order valence-corrected chi connectivity index (χ4v) is 2.22. The molecule has 0 saturated heterocycles. The second-order valence-electron chi connectivity index (χ2n) is 4.15. The molecule has 0 aliphatic rings. The number of halogens is 1. The van der Waals surface area contributed by atoms with Crippen molar-refractivity contribution in [2.24, 2.45) is 0 Å². The highest BCUT2D eigenvalue weighted by Gasteiger charge is 2.06. The van der Waals surface area contributed by atoms with Gasteiger partial charge in [0, 0.05) is 11.8 Å². The van der Waals surface area contributed by atoms with Crippen molar-refractivity contribution in [1.82, 2.24) is 0 Å². The van der Waals surface area contributed by atoms with E-state index in [1.165, 1.54) is 10.8 Å². The minimum absolute atomic E-state index is 0.967. The monoisotopic (exact) mass is 253 g/mol. The molecule has 88 valence electrons. The number of para-hydroxylation sites is 1. The lowest BCUT2D eigenvalue weighted by molar-refractivity contribution is 1.43. The van der Waals surface area contributed by atoms with Crippen LogP contribution in [0.2, 0.25) is 0 Å². The summed E-state index contributed by atoms with van der Waals surface area (Å²) >= 11 is 6.37. The lowest BCUT2D eigenvalue weighted by Gasteiger charge is -2.16. The van der Waals surface area contributed by atoms with Crippen molar-refractivity contribution in [3.63, 3.8) is 0 Å². The number of hydrogen-bond acceptors (Lipinski definition) is 1. The maximum Gasteiger partial charge on any atom is 0.0587 e. The van der Waals surface area contributed by atoms with E-state index in [2.05, 4.69) is 24.3 Å². The Morgan fingerprint density at radius 3 is 2.06 bits per heavy atom. The number of anilines is 2. The van der Waals surface area contributed by atoms with Crippen LogP contribution in [-0.2, 0) is 0 Å². The molecule has 0 radical (unpaired) electrons. The predicted molar refractivity (Wildman–Crippen MR) is 78.4 cm³/mol. The van der Waals surface area contributed by atoms with Crippen LogP contribution in [0.5, 0.6) is 0 Å². The minimum Gasteiger partial charge on any atom is -0.254 e. The first kappa shape index (κ1) is 11.1. The number of benzene rings is 3. The molecule has 0 heterocycles. The smallest absolute Gasteiger partial charge is 0.0587 e. The van der Waals surface area contributed by atoms with E-state index in [-0.39, 0.29) is 0 Å². The second-order valence-corrected chi connectivity index (χ2v) is 4.49. The average molecular weight is 254 g/mol. The first-order chi connectivity index (χ1) is 8.84. The maximum absolute atomic E-state index is 6.37. The van der Waals surface area contributed by atoms with E-state index in [1.54, 1.807) is 4.42 Å². The Morgan fingerprint density at radius 2 is 1.28 bits per heavy atom. The van der Waals surface area contributed by atoms with Gasteiger partial charge in [-0.3, -0.25) is 4.42 Å². The molecule has 18 heavy (non-hydrogen) atoms. The number of nitrogens with zero attached hydrogens (tertiary/aromatic N) is 1. The third kappa shape index (κ3) is 2.05. The fraction of sp³-hybridized carbons (Fsp3) is 0. The maximum atomic E-state index is 6.37. The normalized spacial score (nSPS) is 10.5. The van der Waals surface area contributed by atoms with Crippen LogP contribution in [0.25, 0.3) is 10.8 Å². The van der Waals surface area contributed by atoms with Crippen LogP contribution >= 0.6 is 11.8 Å². The number of rotatable bonds is 2. The van der Waals surface area contributed by atoms with Gasteiger partial charge in [0.05, 0.1) is 11.4 Å². The van der Waals surface area contributed by atoms with Crippen molar-refractivity contribution in [2.75, 3.05) is 4.42 Å². The summed E-state index contributed by atoms with van der Waals surface area (Å²) in [6.45, 7) is 0. The van der Waals surface area contributed by atoms with Gasteiger partial charge in [0.15, 0.2) is 0 Å². The zero-order valence-corrected chi connectivity index (χ0v) is 10.5. The SMILES string of the molecule is ClN(c1ccccc1)c1ccc2ccccc2c1. The van der Waals surface area contributed by atoms with E-state index in [9.17, 15) is 0 Å². The molecule has 0 N–H and O–H groups in total. The van der Waals surface area contributed by atoms with Crippen molar-refractivity contribution >= 4 is 33.9 Å². The number of fused-ring (bicyclic) bond motifs is 1. The highest BCUT2D eigenvalue weighted by atomic mass is 35.5. The average Bonchev–Trinajstić information content (AvgIpc) is 2.47. The molecule has 3 rings (SSSR count). The molecule has 1 nitrogen and oxygen atoms in total. The summed E-state index contributed by atoms with van der Waals surface area (Å²) < 4.78 is 1.67. The standard InChI is InChI=1S/C16H12ClN/c17-18(15-8-2-1-3-9-15)16-11-10-13-6-4-5-7-14(13)12-16/h1-12H. The van der Waals surface area contributed by atoms with Gasteiger partial charge in [0.25, 0.3) is 0 Å². The van der Waals surface area contributed by atoms with Gasteiger partial charge in [-0.25, -0.2) is 0 Å². The molecule has 0 aromatic heterocycles. The van der Waals surface area contributed by atoms with Gasteiger partial charge in [-0.15, -0.1) is 0 Å². The Kier molecular flexibility index (Phi) is 2.91. The van der Waals surface area contributed by atoms with Gasteiger partial charge in [-0.1, -0.05) is 48.5 Å². The van der Waals surface area contributed by atoms with Crippen LogP contribution in [-0.4, -0.2) is 0 Å². The summed E-state index contributed by atoms with van der Waals surface area (Å²) in [4.78, 5) is 0. The molecule has 0 bridgehead atoms. The molecule has 0 unspecified atom stereocenters. The molecule has 0 aliphatic carbocycles. The summed E-state index contributed by atoms with van der Waals surface area (Å²) in [7, 11) is 0. The van der Waals surface area contributed by atoms with Gasteiger partial charge in [0.1, 0.15) is 0 Å². The molecule has 0 aliphatic heterocycles. The minimum atomic E-state index is 0.967. The van der Waals surface area contributed by atoms with Crippen LogP contribution in [0.1, 0.15) is 0 Å².